The number of rotatable bonds is 2. The summed E-state index contributed by atoms with van der Waals surface area (Å²) < 4.78 is 0. The first-order chi connectivity index (χ1) is 12.9. The second kappa shape index (κ2) is 6.12. The van der Waals surface area contributed by atoms with Crippen molar-refractivity contribution in [1.82, 2.24) is 4.98 Å². The lowest BCUT2D eigenvalue weighted by molar-refractivity contribution is 1.36. The average molecular weight is 331 g/mol. The van der Waals surface area contributed by atoms with Gasteiger partial charge >= 0.3 is 0 Å². The number of benzene rings is 4. The molecule has 0 spiro atoms. The second-order valence-corrected chi connectivity index (χ2v) is 6.52. The molecule has 0 N–H and O–H groups in total. The summed E-state index contributed by atoms with van der Waals surface area (Å²) in [5, 5.41) is 4.96. The lowest BCUT2D eigenvalue weighted by atomic mass is 10.00. The van der Waals surface area contributed by atoms with Crippen LogP contribution in [-0.4, -0.2) is 4.98 Å². The minimum atomic E-state index is 1.01. The Labute approximate surface area is 152 Å². The van der Waals surface area contributed by atoms with Crippen LogP contribution < -0.4 is 0 Å². The van der Waals surface area contributed by atoms with E-state index >= 15 is 0 Å². The maximum Gasteiger partial charge on any atom is 0.0708 e. The summed E-state index contributed by atoms with van der Waals surface area (Å²) in [5.41, 5.74) is 4.60. The van der Waals surface area contributed by atoms with Crippen LogP contribution in [-0.2, 0) is 0 Å². The van der Waals surface area contributed by atoms with Crippen molar-refractivity contribution in [2.75, 3.05) is 0 Å². The molecule has 5 aromatic rings. The van der Waals surface area contributed by atoms with E-state index in [1.54, 1.807) is 0 Å². The third kappa shape index (κ3) is 2.55. The Morgan fingerprint density at radius 2 is 1.12 bits per heavy atom. The number of nitrogens with zero attached hydrogens (tertiary/aromatic N) is 1. The zero-order valence-electron chi connectivity index (χ0n) is 14.3. The number of hydrogen-bond donors (Lipinski definition) is 0. The van der Waals surface area contributed by atoms with Gasteiger partial charge in [0.05, 0.1) is 5.69 Å². The van der Waals surface area contributed by atoms with Gasteiger partial charge in [-0.1, -0.05) is 91.0 Å². The van der Waals surface area contributed by atoms with E-state index in [1.165, 1.54) is 32.7 Å². The van der Waals surface area contributed by atoms with Crippen LogP contribution in [0.3, 0.4) is 0 Å². The predicted octanol–water partition coefficient (Wildman–Crippen LogP) is 6.72. The number of pyridine rings is 1. The second-order valence-electron chi connectivity index (χ2n) is 6.52. The summed E-state index contributed by atoms with van der Waals surface area (Å²) in [7, 11) is 0. The topological polar surface area (TPSA) is 12.9 Å². The predicted molar refractivity (Wildman–Crippen MR) is 110 cm³/mol. The fourth-order valence-electron chi connectivity index (χ4n) is 3.52. The summed E-state index contributed by atoms with van der Waals surface area (Å²) in [6.07, 6.45) is 1.97. The highest BCUT2D eigenvalue weighted by Crippen LogP contribution is 2.29. The molecule has 1 nitrogen and oxygen atoms in total. The van der Waals surface area contributed by atoms with Gasteiger partial charge in [0.1, 0.15) is 0 Å². The maximum atomic E-state index is 4.69. The third-order valence-corrected chi connectivity index (χ3v) is 4.92. The van der Waals surface area contributed by atoms with Crippen LogP contribution in [0.4, 0.5) is 0 Å². The molecule has 1 heterocycles. The largest absolute Gasteiger partial charge is 0.256 e. The minimum Gasteiger partial charge on any atom is -0.256 e. The molecule has 0 bridgehead atoms. The first-order valence-electron chi connectivity index (χ1n) is 8.82. The number of fused-ring (bicyclic) bond motifs is 3. The average Bonchev–Trinajstić information content (AvgIpc) is 2.74. The fraction of sp³-hybridized carbons (Fsp3) is 0. The van der Waals surface area contributed by atoms with Crippen LogP contribution in [0.1, 0.15) is 0 Å². The molecule has 0 aliphatic heterocycles. The summed E-state index contributed by atoms with van der Waals surface area (Å²) >= 11 is 0. The van der Waals surface area contributed by atoms with Crippen molar-refractivity contribution in [1.29, 1.82) is 0 Å². The lowest BCUT2D eigenvalue weighted by Crippen LogP contribution is -1.86. The van der Waals surface area contributed by atoms with Crippen molar-refractivity contribution in [2.45, 2.75) is 0 Å². The van der Waals surface area contributed by atoms with Crippen LogP contribution in [0.5, 0.6) is 0 Å². The van der Waals surface area contributed by atoms with E-state index in [-0.39, 0.29) is 0 Å². The molecule has 0 aliphatic carbocycles. The molecule has 5 rings (SSSR count). The SMILES string of the molecule is c1ccc(-c2ccc(-c3cc4c(ccc5ccccc54)cn3)cc2)cc1. The zero-order chi connectivity index (χ0) is 17.3. The van der Waals surface area contributed by atoms with E-state index in [0.29, 0.717) is 0 Å². The van der Waals surface area contributed by atoms with Crippen LogP contribution in [0, 0.1) is 0 Å². The van der Waals surface area contributed by atoms with Crippen molar-refractivity contribution in [3.63, 3.8) is 0 Å². The van der Waals surface area contributed by atoms with Gasteiger partial charge in [-0.05, 0) is 33.4 Å². The van der Waals surface area contributed by atoms with Gasteiger partial charge in [0.15, 0.2) is 0 Å². The lowest BCUT2D eigenvalue weighted by Gasteiger charge is -2.08. The standard InChI is InChI=1S/C25H17N/c1-2-6-18(7-3-1)19-10-13-21(14-11-19)25-16-24-22(17-26-25)15-12-20-8-4-5-9-23(20)24/h1-17H. The van der Waals surface area contributed by atoms with Gasteiger partial charge in [-0.3, -0.25) is 4.98 Å². The normalized spacial score (nSPS) is 11.1. The Kier molecular flexibility index (Phi) is 3.50. The molecule has 0 radical (unpaired) electrons. The number of hydrogen-bond acceptors (Lipinski definition) is 1. The van der Waals surface area contributed by atoms with Crippen molar-refractivity contribution in [3.05, 3.63) is 103 Å². The van der Waals surface area contributed by atoms with Crippen molar-refractivity contribution >= 4 is 21.5 Å². The number of aromatic nitrogens is 1. The highest BCUT2D eigenvalue weighted by Gasteiger charge is 2.05. The molecule has 0 saturated carbocycles. The monoisotopic (exact) mass is 331 g/mol. The molecular formula is C25H17N. The van der Waals surface area contributed by atoms with Crippen LogP contribution in [0.15, 0.2) is 103 Å². The zero-order valence-corrected chi connectivity index (χ0v) is 14.3. The van der Waals surface area contributed by atoms with Gasteiger partial charge in [0.2, 0.25) is 0 Å². The molecule has 0 saturated heterocycles. The molecule has 4 aromatic carbocycles. The van der Waals surface area contributed by atoms with Crippen molar-refractivity contribution < 1.29 is 0 Å². The van der Waals surface area contributed by atoms with Crippen molar-refractivity contribution in [2.24, 2.45) is 0 Å². The van der Waals surface area contributed by atoms with Gasteiger partial charge in [-0.2, -0.15) is 0 Å². The van der Waals surface area contributed by atoms with Crippen LogP contribution in [0.2, 0.25) is 0 Å². The third-order valence-electron chi connectivity index (χ3n) is 4.92. The van der Waals surface area contributed by atoms with Gasteiger partial charge in [0, 0.05) is 17.1 Å². The van der Waals surface area contributed by atoms with E-state index < -0.39 is 0 Å². The van der Waals surface area contributed by atoms with Crippen LogP contribution in [0.25, 0.3) is 43.9 Å². The molecule has 122 valence electrons. The molecule has 0 amide bonds. The van der Waals surface area contributed by atoms with E-state index in [9.17, 15) is 0 Å². The Bertz CT molecular complexity index is 1210. The van der Waals surface area contributed by atoms with Gasteiger partial charge in [-0.25, -0.2) is 0 Å². The Hall–Kier alpha value is -3.45. The molecule has 0 atom stereocenters. The van der Waals surface area contributed by atoms with Gasteiger partial charge in [-0.15, -0.1) is 0 Å². The first kappa shape index (κ1) is 14.9. The van der Waals surface area contributed by atoms with E-state index in [0.717, 1.165) is 11.3 Å². The summed E-state index contributed by atoms with van der Waals surface area (Å²) in [5.74, 6) is 0. The Morgan fingerprint density at radius 3 is 1.96 bits per heavy atom. The molecule has 0 unspecified atom stereocenters. The van der Waals surface area contributed by atoms with E-state index in [4.69, 9.17) is 0 Å². The molecule has 0 fully saturated rings. The maximum absolute atomic E-state index is 4.69. The highest BCUT2D eigenvalue weighted by atomic mass is 14.7. The molecule has 0 aliphatic rings. The molecular weight excluding hydrogens is 314 g/mol. The highest BCUT2D eigenvalue weighted by molar-refractivity contribution is 6.08. The van der Waals surface area contributed by atoms with Crippen LogP contribution >= 0.6 is 0 Å². The summed E-state index contributed by atoms with van der Waals surface area (Å²) in [4.78, 5) is 4.69. The summed E-state index contributed by atoms with van der Waals surface area (Å²) in [6.45, 7) is 0. The minimum absolute atomic E-state index is 1.01. The molecule has 1 aromatic heterocycles. The summed E-state index contributed by atoms with van der Waals surface area (Å²) in [6, 6.07) is 34.1. The Balaban J connectivity index is 1.61. The first-order valence-corrected chi connectivity index (χ1v) is 8.82. The van der Waals surface area contributed by atoms with Gasteiger partial charge in [0.25, 0.3) is 0 Å². The quantitative estimate of drug-likeness (QED) is 0.327. The van der Waals surface area contributed by atoms with Gasteiger partial charge < -0.3 is 0 Å². The van der Waals surface area contributed by atoms with E-state index in [1.807, 2.05) is 12.3 Å². The van der Waals surface area contributed by atoms with Crippen molar-refractivity contribution in [3.8, 4) is 22.4 Å². The molecule has 1 heteroatoms. The fourth-order valence-corrected chi connectivity index (χ4v) is 3.52. The Morgan fingerprint density at radius 1 is 0.462 bits per heavy atom. The van der Waals surface area contributed by atoms with E-state index in [2.05, 4.69) is 96.0 Å². The smallest absolute Gasteiger partial charge is 0.0708 e. The molecule has 26 heavy (non-hydrogen) atoms.